The van der Waals surface area contributed by atoms with Crippen LogP contribution in [0.2, 0.25) is 0 Å². The smallest absolute Gasteiger partial charge is 1.00 e. The Morgan fingerprint density at radius 3 is 1.61 bits per heavy atom. The molecule has 4 aromatic rings. The Morgan fingerprint density at radius 1 is 0.711 bits per heavy atom. The summed E-state index contributed by atoms with van der Waals surface area (Å²) in [4.78, 5) is 0. The van der Waals surface area contributed by atoms with Crippen LogP contribution in [-0.2, 0) is 65.2 Å². The average molecular weight is 753 g/mol. The molecule has 0 heterocycles. The van der Waals surface area contributed by atoms with Gasteiger partial charge in [-0.1, -0.05) is 80.1 Å². The Labute approximate surface area is 297 Å². The quantitative estimate of drug-likeness (QED) is 0.192. The van der Waals surface area contributed by atoms with Gasteiger partial charge in [-0.2, -0.15) is 70.3 Å². The fourth-order valence-corrected chi connectivity index (χ4v) is 3.36. The van der Waals surface area contributed by atoms with Crippen molar-refractivity contribution >= 4 is 0 Å². The molecule has 0 unspecified atom stereocenters. The third kappa shape index (κ3) is 25.3. The van der Waals surface area contributed by atoms with Crippen molar-refractivity contribution in [3.05, 3.63) is 118 Å². The van der Waals surface area contributed by atoms with Crippen LogP contribution in [0.25, 0.3) is 0 Å². The minimum absolute atomic E-state index is 0. The maximum Gasteiger partial charge on any atom is 4.00 e. The van der Waals surface area contributed by atoms with Gasteiger partial charge in [0.15, 0.2) is 0 Å². The summed E-state index contributed by atoms with van der Waals surface area (Å²) >= 11 is 0. The van der Waals surface area contributed by atoms with Crippen LogP contribution in [0.3, 0.4) is 0 Å². The van der Waals surface area contributed by atoms with E-state index >= 15 is 0 Å². The number of rotatable bonds is 6. The SMILES string of the molecule is CCCCc1ccc[c-]1CCCC.Cc1cc[c-](C)c1.Cc1ccc[c-]1C.[Cl-].[Cl-].[Cl-].[Cl-].[Zr+4].[Zr+4].c1cc[cH-]c1. The van der Waals surface area contributed by atoms with Crippen molar-refractivity contribution in [2.24, 2.45) is 0 Å². The molecule has 0 bridgehead atoms. The van der Waals surface area contributed by atoms with Gasteiger partial charge >= 0.3 is 52.4 Å². The van der Waals surface area contributed by atoms with Gasteiger partial charge in [-0.3, -0.25) is 0 Å². The zero-order valence-electron chi connectivity index (χ0n) is 23.8. The second-order valence-electron chi connectivity index (χ2n) is 8.60. The van der Waals surface area contributed by atoms with Crippen molar-refractivity contribution in [2.45, 2.75) is 80.1 Å². The fourth-order valence-electron chi connectivity index (χ4n) is 3.36. The van der Waals surface area contributed by atoms with E-state index in [1.54, 1.807) is 11.1 Å². The summed E-state index contributed by atoms with van der Waals surface area (Å²) < 4.78 is 0. The second-order valence-corrected chi connectivity index (χ2v) is 8.60. The topological polar surface area (TPSA) is 0 Å². The molecule has 4 rings (SSSR count). The van der Waals surface area contributed by atoms with Crippen LogP contribution in [0.15, 0.2) is 84.9 Å². The summed E-state index contributed by atoms with van der Waals surface area (Å²) in [6, 6.07) is 29.5. The van der Waals surface area contributed by atoms with Gasteiger partial charge in [0.1, 0.15) is 0 Å². The fraction of sp³-hybridized carbons (Fsp3) is 0.375. The Morgan fingerprint density at radius 2 is 1.29 bits per heavy atom. The molecule has 0 spiro atoms. The molecular weight excluding hydrogens is 709 g/mol. The Bertz CT molecular complexity index is 848. The van der Waals surface area contributed by atoms with E-state index in [0.29, 0.717) is 0 Å². The van der Waals surface area contributed by atoms with Gasteiger partial charge < -0.3 is 49.6 Å². The van der Waals surface area contributed by atoms with Crippen LogP contribution >= 0.6 is 0 Å². The summed E-state index contributed by atoms with van der Waals surface area (Å²) in [5, 5.41) is 0. The Balaban J connectivity index is -0.0000000899. The van der Waals surface area contributed by atoms with Crippen LogP contribution in [0, 0.1) is 27.7 Å². The molecule has 0 fully saturated rings. The first-order valence-electron chi connectivity index (χ1n) is 12.3. The van der Waals surface area contributed by atoms with Crippen molar-refractivity contribution in [2.75, 3.05) is 0 Å². The largest absolute Gasteiger partial charge is 4.00 e. The van der Waals surface area contributed by atoms with Gasteiger partial charge in [0, 0.05) is 0 Å². The van der Waals surface area contributed by atoms with E-state index in [4.69, 9.17) is 0 Å². The maximum absolute atomic E-state index is 2.29. The zero-order valence-corrected chi connectivity index (χ0v) is 31.8. The normalized spacial score (nSPS) is 8.16. The van der Waals surface area contributed by atoms with E-state index in [1.807, 2.05) is 30.3 Å². The number of halogens is 4. The number of hydrogen-bond acceptors (Lipinski definition) is 0. The van der Waals surface area contributed by atoms with Crippen LogP contribution < -0.4 is 49.6 Å². The summed E-state index contributed by atoms with van der Waals surface area (Å²) in [5.74, 6) is 0. The van der Waals surface area contributed by atoms with Gasteiger partial charge in [-0.05, 0) is 0 Å². The maximum atomic E-state index is 2.29. The molecule has 208 valence electrons. The summed E-state index contributed by atoms with van der Waals surface area (Å²) in [5.41, 5.74) is 8.68. The van der Waals surface area contributed by atoms with E-state index in [9.17, 15) is 0 Å². The third-order valence-electron chi connectivity index (χ3n) is 5.54. The molecule has 38 heavy (non-hydrogen) atoms. The summed E-state index contributed by atoms with van der Waals surface area (Å²) in [6.45, 7) is 13.0. The average Bonchev–Trinajstić information content (AvgIpc) is 3.59. The van der Waals surface area contributed by atoms with E-state index < -0.39 is 0 Å². The van der Waals surface area contributed by atoms with Crippen molar-refractivity contribution in [1.29, 1.82) is 0 Å². The molecule has 0 amide bonds. The monoisotopic (exact) mass is 748 g/mol. The van der Waals surface area contributed by atoms with Crippen molar-refractivity contribution in [3.63, 3.8) is 0 Å². The molecule has 0 saturated heterocycles. The van der Waals surface area contributed by atoms with Crippen LogP contribution in [0.5, 0.6) is 0 Å². The molecule has 0 saturated carbocycles. The van der Waals surface area contributed by atoms with Crippen molar-refractivity contribution < 1.29 is 102 Å². The second kappa shape index (κ2) is 33.5. The molecule has 0 aliphatic heterocycles. The predicted molar refractivity (Wildman–Crippen MR) is 144 cm³/mol. The van der Waals surface area contributed by atoms with Crippen molar-refractivity contribution in [3.8, 4) is 0 Å². The number of hydrogen-bond donors (Lipinski definition) is 0. The van der Waals surface area contributed by atoms with Gasteiger partial charge in [-0.25, -0.2) is 48.0 Å². The molecule has 0 nitrogen and oxygen atoms in total. The molecule has 0 N–H and O–H groups in total. The standard InChI is InChI=1S/C13H21.2C7H9.C5H5.4ClH.2Zr/c1-3-5-8-12-10-7-11-13(12)9-6-4-2;1-6-3-4-7(2)5-6;1-6-4-3-5-7(6)2;1-2-4-5-3-1;;;;;;/h7,10-11H,3-6,8-9H2,1-2H3;2*3-5H,1-2H3;1-5H;4*1H;;/q4*-1;;;;;2*+4/p-4. The molecule has 0 aliphatic rings. The zero-order chi connectivity index (χ0) is 23.6. The Hall–Kier alpha value is 0.326. The van der Waals surface area contributed by atoms with Gasteiger partial charge in [0.05, 0.1) is 0 Å². The van der Waals surface area contributed by atoms with Gasteiger partial charge in [0.25, 0.3) is 0 Å². The number of aryl methyl sites for hydroxylation is 6. The van der Waals surface area contributed by atoms with Gasteiger partial charge in [-0.15, -0.1) is 0 Å². The summed E-state index contributed by atoms with van der Waals surface area (Å²) in [6.07, 6.45) is 7.84. The molecule has 0 radical (unpaired) electrons. The molecule has 0 atom stereocenters. The summed E-state index contributed by atoms with van der Waals surface area (Å²) in [7, 11) is 0. The van der Waals surface area contributed by atoms with E-state index in [2.05, 4.69) is 96.1 Å². The number of unbranched alkanes of at least 4 members (excludes halogenated alkanes) is 2. The van der Waals surface area contributed by atoms with Crippen LogP contribution in [0.1, 0.15) is 72.9 Å². The predicted octanol–water partition coefficient (Wildman–Crippen LogP) is -2.45. The Kier molecular flexibility index (Phi) is 45.1. The van der Waals surface area contributed by atoms with Gasteiger partial charge in [0.2, 0.25) is 0 Å². The third-order valence-corrected chi connectivity index (χ3v) is 5.54. The van der Waals surface area contributed by atoms with Crippen molar-refractivity contribution in [1.82, 2.24) is 0 Å². The van der Waals surface area contributed by atoms with E-state index in [-0.39, 0.29) is 102 Å². The minimum atomic E-state index is 0. The first-order valence-corrected chi connectivity index (χ1v) is 12.3. The van der Waals surface area contributed by atoms with E-state index in [0.717, 1.165) is 0 Å². The molecule has 0 aromatic heterocycles. The first kappa shape index (κ1) is 51.1. The van der Waals surface area contributed by atoms with E-state index in [1.165, 1.54) is 60.8 Å². The first-order chi connectivity index (χ1) is 15.5. The van der Waals surface area contributed by atoms with Crippen LogP contribution in [0.4, 0.5) is 0 Å². The molecule has 0 aliphatic carbocycles. The minimum Gasteiger partial charge on any atom is -1.00 e. The molecule has 6 heteroatoms. The van der Waals surface area contributed by atoms with Crippen LogP contribution in [-0.4, -0.2) is 0 Å². The molecular formula is C32H44Cl4Zr2. The molecule has 4 aromatic carbocycles.